The summed E-state index contributed by atoms with van der Waals surface area (Å²) in [5, 5.41) is 4.45. The predicted molar refractivity (Wildman–Crippen MR) is 84.5 cm³/mol. The summed E-state index contributed by atoms with van der Waals surface area (Å²) in [6, 6.07) is 7.87. The standard InChI is InChI=1S/C17H22N4O/c1-12(2)14-11-16(20(3)19-14)17(22)21-10-6-8-15(21)13-7-4-5-9-18-13/h4-5,7,9,11-12,15H,6,8,10H2,1-3H3. The van der Waals surface area contributed by atoms with E-state index in [9.17, 15) is 4.79 Å². The molecule has 2 aromatic heterocycles. The molecule has 1 amide bonds. The quantitative estimate of drug-likeness (QED) is 0.875. The third-order valence-corrected chi connectivity index (χ3v) is 4.25. The van der Waals surface area contributed by atoms with Gasteiger partial charge in [0.25, 0.3) is 5.91 Å². The molecule has 22 heavy (non-hydrogen) atoms. The highest BCUT2D eigenvalue weighted by Crippen LogP contribution is 2.32. The van der Waals surface area contributed by atoms with Gasteiger partial charge in [-0.1, -0.05) is 19.9 Å². The minimum atomic E-state index is 0.0510. The van der Waals surface area contributed by atoms with Crippen molar-refractivity contribution in [1.82, 2.24) is 19.7 Å². The van der Waals surface area contributed by atoms with E-state index < -0.39 is 0 Å². The third kappa shape index (κ3) is 2.63. The number of likely N-dealkylation sites (tertiary alicyclic amines) is 1. The Hall–Kier alpha value is -2.17. The Labute approximate surface area is 131 Å². The molecule has 1 aliphatic rings. The molecule has 116 valence electrons. The van der Waals surface area contributed by atoms with Gasteiger partial charge < -0.3 is 4.90 Å². The summed E-state index contributed by atoms with van der Waals surface area (Å²) < 4.78 is 1.70. The fraction of sp³-hybridized carbons (Fsp3) is 0.471. The summed E-state index contributed by atoms with van der Waals surface area (Å²) >= 11 is 0. The molecule has 0 N–H and O–H groups in total. The Morgan fingerprint density at radius 1 is 1.36 bits per heavy atom. The van der Waals surface area contributed by atoms with Gasteiger partial charge in [0.1, 0.15) is 5.69 Å². The Bertz CT molecular complexity index is 663. The van der Waals surface area contributed by atoms with Crippen molar-refractivity contribution in [3.05, 3.63) is 47.5 Å². The van der Waals surface area contributed by atoms with E-state index in [1.54, 1.807) is 10.9 Å². The first kappa shape index (κ1) is 14.8. The molecule has 0 aromatic carbocycles. The second-order valence-electron chi connectivity index (χ2n) is 6.14. The van der Waals surface area contributed by atoms with Crippen LogP contribution >= 0.6 is 0 Å². The molecule has 5 heteroatoms. The predicted octanol–water partition coefficient (Wildman–Crippen LogP) is 2.92. The van der Waals surface area contributed by atoms with E-state index in [1.165, 1.54) is 0 Å². The summed E-state index contributed by atoms with van der Waals surface area (Å²) in [5.41, 5.74) is 2.59. The first-order valence-corrected chi connectivity index (χ1v) is 7.83. The van der Waals surface area contributed by atoms with Gasteiger partial charge in [0, 0.05) is 19.8 Å². The second kappa shape index (κ2) is 5.91. The van der Waals surface area contributed by atoms with Crippen LogP contribution in [0.1, 0.15) is 60.5 Å². The van der Waals surface area contributed by atoms with E-state index in [-0.39, 0.29) is 11.9 Å². The molecule has 1 aliphatic heterocycles. The molecule has 2 aromatic rings. The van der Waals surface area contributed by atoms with Crippen molar-refractivity contribution in [2.24, 2.45) is 7.05 Å². The average molecular weight is 298 g/mol. The van der Waals surface area contributed by atoms with E-state index in [1.807, 2.05) is 36.2 Å². The van der Waals surface area contributed by atoms with Crippen molar-refractivity contribution in [2.45, 2.75) is 38.6 Å². The van der Waals surface area contributed by atoms with Crippen LogP contribution in [0.15, 0.2) is 30.5 Å². The zero-order valence-corrected chi connectivity index (χ0v) is 13.4. The molecule has 1 saturated heterocycles. The van der Waals surface area contributed by atoms with Gasteiger partial charge in [0.05, 0.1) is 17.4 Å². The smallest absolute Gasteiger partial charge is 0.272 e. The molecule has 1 fully saturated rings. The maximum atomic E-state index is 12.9. The Balaban J connectivity index is 1.88. The molecule has 5 nitrogen and oxygen atoms in total. The molecule has 3 rings (SSSR count). The monoisotopic (exact) mass is 298 g/mol. The number of rotatable bonds is 3. The minimum absolute atomic E-state index is 0.0510. The number of nitrogens with zero attached hydrogens (tertiary/aromatic N) is 4. The third-order valence-electron chi connectivity index (χ3n) is 4.25. The molecular formula is C17H22N4O. The number of hydrogen-bond donors (Lipinski definition) is 0. The minimum Gasteiger partial charge on any atom is -0.329 e. The highest BCUT2D eigenvalue weighted by atomic mass is 16.2. The number of amides is 1. The molecule has 0 spiro atoms. The van der Waals surface area contributed by atoms with E-state index in [2.05, 4.69) is 23.9 Å². The van der Waals surface area contributed by atoms with Crippen LogP contribution in [-0.2, 0) is 7.05 Å². The van der Waals surface area contributed by atoms with Crippen LogP contribution < -0.4 is 0 Å². The zero-order valence-electron chi connectivity index (χ0n) is 13.4. The average Bonchev–Trinajstić information content (AvgIpc) is 3.14. The number of carbonyl (C=O) groups is 1. The number of hydrogen-bond acceptors (Lipinski definition) is 3. The molecule has 0 radical (unpaired) electrons. The highest BCUT2D eigenvalue weighted by molar-refractivity contribution is 5.93. The molecule has 1 atom stereocenters. The summed E-state index contributed by atoms with van der Waals surface area (Å²) in [5.74, 6) is 0.368. The van der Waals surface area contributed by atoms with E-state index >= 15 is 0 Å². The molecule has 0 bridgehead atoms. The lowest BCUT2D eigenvalue weighted by Gasteiger charge is -2.24. The zero-order chi connectivity index (χ0) is 15.7. The van der Waals surface area contributed by atoms with E-state index in [0.717, 1.165) is 30.8 Å². The fourth-order valence-corrected chi connectivity index (χ4v) is 3.01. The van der Waals surface area contributed by atoms with Gasteiger partial charge in [-0.15, -0.1) is 0 Å². The lowest BCUT2D eigenvalue weighted by Crippen LogP contribution is -2.32. The van der Waals surface area contributed by atoms with Gasteiger partial charge in [-0.3, -0.25) is 14.5 Å². The number of carbonyl (C=O) groups excluding carboxylic acids is 1. The SMILES string of the molecule is CC(C)c1cc(C(=O)N2CCCC2c2ccccn2)n(C)n1. The second-order valence-corrected chi connectivity index (χ2v) is 6.14. The van der Waals surface area contributed by atoms with Gasteiger partial charge in [-0.2, -0.15) is 5.10 Å². The van der Waals surface area contributed by atoms with Gasteiger partial charge in [-0.05, 0) is 37.0 Å². The van der Waals surface area contributed by atoms with Crippen LogP contribution in [-0.4, -0.2) is 32.1 Å². The molecule has 0 saturated carbocycles. The largest absolute Gasteiger partial charge is 0.329 e. The summed E-state index contributed by atoms with van der Waals surface area (Å²) in [7, 11) is 1.84. The van der Waals surface area contributed by atoms with Crippen molar-refractivity contribution >= 4 is 5.91 Å². The molecule has 1 unspecified atom stereocenters. The van der Waals surface area contributed by atoms with Crippen LogP contribution in [0.5, 0.6) is 0 Å². The van der Waals surface area contributed by atoms with Crippen LogP contribution in [0.2, 0.25) is 0 Å². The topological polar surface area (TPSA) is 51.0 Å². The Kier molecular flexibility index (Phi) is 3.96. The summed E-state index contributed by atoms with van der Waals surface area (Å²) in [6.07, 6.45) is 3.77. The van der Waals surface area contributed by atoms with Crippen LogP contribution in [0.25, 0.3) is 0 Å². The lowest BCUT2D eigenvalue weighted by atomic mass is 10.1. The summed E-state index contributed by atoms with van der Waals surface area (Å²) in [6.45, 7) is 4.95. The number of aromatic nitrogens is 3. The van der Waals surface area contributed by atoms with Crippen molar-refractivity contribution in [2.75, 3.05) is 6.54 Å². The molecule has 0 aliphatic carbocycles. The van der Waals surface area contributed by atoms with Crippen molar-refractivity contribution in [1.29, 1.82) is 0 Å². The Morgan fingerprint density at radius 3 is 2.82 bits per heavy atom. The first-order chi connectivity index (χ1) is 10.6. The van der Waals surface area contributed by atoms with Gasteiger partial charge in [-0.25, -0.2) is 0 Å². The number of aryl methyl sites for hydroxylation is 1. The van der Waals surface area contributed by atoms with Crippen LogP contribution in [0, 0.1) is 0 Å². The molecular weight excluding hydrogens is 276 g/mol. The highest BCUT2D eigenvalue weighted by Gasteiger charge is 2.32. The fourth-order valence-electron chi connectivity index (χ4n) is 3.01. The summed E-state index contributed by atoms with van der Waals surface area (Å²) in [4.78, 5) is 19.3. The molecule has 3 heterocycles. The lowest BCUT2D eigenvalue weighted by molar-refractivity contribution is 0.0721. The van der Waals surface area contributed by atoms with Gasteiger partial charge in [0.2, 0.25) is 0 Å². The van der Waals surface area contributed by atoms with E-state index in [0.29, 0.717) is 11.6 Å². The van der Waals surface area contributed by atoms with Crippen molar-refractivity contribution < 1.29 is 4.79 Å². The number of pyridine rings is 1. The van der Waals surface area contributed by atoms with Crippen molar-refractivity contribution in [3.8, 4) is 0 Å². The first-order valence-electron chi connectivity index (χ1n) is 7.83. The van der Waals surface area contributed by atoms with Gasteiger partial charge in [0.15, 0.2) is 0 Å². The van der Waals surface area contributed by atoms with Gasteiger partial charge >= 0.3 is 0 Å². The maximum absolute atomic E-state index is 12.9. The van der Waals surface area contributed by atoms with Crippen LogP contribution in [0.4, 0.5) is 0 Å². The van der Waals surface area contributed by atoms with Crippen molar-refractivity contribution in [3.63, 3.8) is 0 Å². The maximum Gasteiger partial charge on any atom is 0.272 e. The van der Waals surface area contributed by atoms with E-state index in [4.69, 9.17) is 0 Å². The van der Waals surface area contributed by atoms with Crippen LogP contribution in [0.3, 0.4) is 0 Å². The normalized spacial score (nSPS) is 18.2. The Morgan fingerprint density at radius 2 is 2.18 bits per heavy atom.